The first-order chi connectivity index (χ1) is 11.8. The Morgan fingerprint density at radius 2 is 2.12 bits per heavy atom. The van der Waals surface area contributed by atoms with Gasteiger partial charge < -0.3 is 10.1 Å². The molecule has 0 aliphatic rings. The Labute approximate surface area is 150 Å². The molecule has 0 bridgehead atoms. The maximum absolute atomic E-state index is 12.1. The highest BCUT2D eigenvalue weighted by atomic mass is 35.5. The molecule has 0 aromatic carbocycles. The van der Waals surface area contributed by atoms with E-state index in [1.54, 1.807) is 22.9 Å². The molecule has 7 nitrogen and oxygen atoms in total. The summed E-state index contributed by atoms with van der Waals surface area (Å²) in [6, 6.07) is 3.25. The lowest BCUT2D eigenvalue weighted by atomic mass is 10.2. The van der Waals surface area contributed by atoms with Crippen LogP contribution in [0.1, 0.15) is 23.9 Å². The Bertz CT molecular complexity index is 829. The molecule has 2 rings (SSSR count). The first-order valence-electron chi connectivity index (χ1n) is 7.60. The molecule has 25 heavy (non-hydrogen) atoms. The molecule has 1 N–H and O–H groups in total. The Balaban J connectivity index is 1.96. The number of esters is 1. The zero-order valence-corrected chi connectivity index (χ0v) is 15.2. The summed E-state index contributed by atoms with van der Waals surface area (Å²) >= 11 is 5.88. The second kappa shape index (κ2) is 7.94. The minimum Gasteiger partial charge on any atom is -0.449 e. The van der Waals surface area contributed by atoms with Crippen LogP contribution in [0, 0.1) is 13.8 Å². The minimum atomic E-state index is -0.982. The highest BCUT2D eigenvalue weighted by Crippen LogP contribution is 2.18. The Hall–Kier alpha value is -2.67. The molecule has 2 heterocycles. The van der Waals surface area contributed by atoms with Gasteiger partial charge in [0.15, 0.2) is 11.3 Å². The predicted octanol–water partition coefficient (Wildman–Crippen LogP) is 2.67. The maximum Gasteiger partial charge on any atom is 0.331 e. The summed E-state index contributed by atoms with van der Waals surface area (Å²) in [4.78, 5) is 27.9. The minimum absolute atomic E-state index is 0.164. The van der Waals surface area contributed by atoms with Crippen LogP contribution >= 0.6 is 11.6 Å². The Morgan fingerprint density at radius 3 is 2.72 bits per heavy atom. The number of pyridine rings is 1. The molecule has 0 radical (unpaired) electrons. The third kappa shape index (κ3) is 4.67. The van der Waals surface area contributed by atoms with Crippen LogP contribution in [0.4, 0.5) is 5.69 Å². The molecule has 1 atom stereocenters. The van der Waals surface area contributed by atoms with E-state index in [1.165, 1.54) is 19.2 Å². The fourth-order valence-corrected chi connectivity index (χ4v) is 2.33. The predicted molar refractivity (Wildman–Crippen MR) is 95.1 cm³/mol. The van der Waals surface area contributed by atoms with Gasteiger partial charge in [0.05, 0.1) is 11.4 Å². The number of rotatable bonds is 5. The summed E-state index contributed by atoms with van der Waals surface area (Å²) in [5.41, 5.74) is 2.94. The van der Waals surface area contributed by atoms with Crippen molar-refractivity contribution < 1.29 is 14.3 Å². The van der Waals surface area contributed by atoms with Gasteiger partial charge in [-0.2, -0.15) is 5.10 Å². The van der Waals surface area contributed by atoms with Gasteiger partial charge in [-0.15, -0.1) is 0 Å². The third-order valence-electron chi connectivity index (χ3n) is 3.63. The molecular weight excluding hydrogens is 344 g/mol. The number of nitrogens with zero attached hydrogens (tertiary/aromatic N) is 3. The Morgan fingerprint density at radius 1 is 1.40 bits per heavy atom. The first-order valence-corrected chi connectivity index (χ1v) is 7.97. The number of ether oxygens (including phenoxy) is 1. The molecule has 0 spiro atoms. The molecule has 0 aliphatic heterocycles. The van der Waals surface area contributed by atoms with E-state index in [9.17, 15) is 9.59 Å². The average molecular weight is 363 g/mol. The van der Waals surface area contributed by atoms with Gasteiger partial charge in [-0.25, -0.2) is 9.78 Å². The van der Waals surface area contributed by atoms with Crippen LogP contribution < -0.4 is 5.32 Å². The second-order valence-electron chi connectivity index (χ2n) is 5.45. The number of hydrogen-bond acceptors (Lipinski definition) is 5. The summed E-state index contributed by atoms with van der Waals surface area (Å²) in [5, 5.41) is 6.99. The van der Waals surface area contributed by atoms with E-state index >= 15 is 0 Å². The van der Waals surface area contributed by atoms with Crippen LogP contribution in [0.15, 0.2) is 24.4 Å². The van der Waals surface area contributed by atoms with E-state index in [2.05, 4.69) is 15.4 Å². The van der Waals surface area contributed by atoms with Crippen molar-refractivity contribution >= 4 is 35.2 Å². The molecule has 0 saturated heterocycles. The van der Waals surface area contributed by atoms with E-state index in [0.29, 0.717) is 5.69 Å². The lowest BCUT2D eigenvalue weighted by Gasteiger charge is -2.12. The number of aryl methyl sites for hydroxylation is 2. The summed E-state index contributed by atoms with van der Waals surface area (Å²) in [7, 11) is 1.83. The summed E-state index contributed by atoms with van der Waals surface area (Å²) in [6.45, 7) is 5.23. The molecule has 0 saturated carbocycles. The standard InChI is InChI=1S/C17H19ClN4O3/c1-10-13(11(2)22(4)21-10)7-8-15(23)25-12(3)17(24)20-14-6-5-9-19-16(14)18/h5-9,12H,1-4H3,(H,20,24)/b8-7+/t12-/m0/s1. The maximum atomic E-state index is 12.1. The van der Waals surface area contributed by atoms with Crippen molar-refractivity contribution in [2.45, 2.75) is 26.9 Å². The molecule has 132 valence electrons. The largest absolute Gasteiger partial charge is 0.449 e. The van der Waals surface area contributed by atoms with Crippen LogP contribution in [-0.4, -0.2) is 32.7 Å². The average Bonchev–Trinajstić information content (AvgIpc) is 2.80. The van der Waals surface area contributed by atoms with Crippen molar-refractivity contribution in [1.29, 1.82) is 0 Å². The van der Waals surface area contributed by atoms with Crippen LogP contribution in [0.5, 0.6) is 0 Å². The van der Waals surface area contributed by atoms with Crippen molar-refractivity contribution in [3.8, 4) is 0 Å². The molecular formula is C17H19ClN4O3. The lowest BCUT2D eigenvalue weighted by Crippen LogP contribution is -2.29. The Kier molecular flexibility index (Phi) is 5.93. The van der Waals surface area contributed by atoms with Crippen molar-refractivity contribution in [3.05, 3.63) is 46.5 Å². The number of carbonyl (C=O) groups excluding carboxylic acids is 2. The second-order valence-corrected chi connectivity index (χ2v) is 5.81. The van der Waals surface area contributed by atoms with Crippen LogP contribution in [0.25, 0.3) is 6.08 Å². The topological polar surface area (TPSA) is 86.1 Å². The van der Waals surface area contributed by atoms with Crippen molar-refractivity contribution in [2.24, 2.45) is 7.05 Å². The number of amides is 1. The van der Waals surface area contributed by atoms with Gasteiger partial charge in [-0.1, -0.05) is 11.6 Å². The molecule has 8 heteroatoms. The van der Waals surface area contributed by atoms with Crippen molar-refractivity contribution in [1.82, 2.24) is 14.8 Å². The summed E-state index contributed by atoms with van der Waals surface area (Å²) in [6.07, 6.45) is 3.43. The molecule has 2 aromatic heterocycles. The first kappa shape index (κ1) is 18.7. The molecule has 0 fully saturated rings. The fourth-order valence-electron chi connectivity index (χ4n) is 2.16. The van der Waals surface area contributed by atoms with Crippen molar-refractivity contribution in [2.75, 3.05) is 5.32 Å². The lowest BCUT2D eigenvalue weighted by molar-refractivity contribution is -0.148. The third-order valence-corrected chi connectivity index (χ3v) is 3.93. The van der Waals surface area contributed by atoms with Gasteiger partial charge >= 0.3 is 5.97 Å². The zero-order valence-electron chi connectivity index (χ0n) is 14.4. The van der Waals surface area contributed by atoms with E-state index in [0.717, 1.165) is 17.0 Å². The number of hydrogen-bond donors (Lipinski definition) is 1. The molecule has 0 aliphatic carbocycles. The van der Waals surface area contributed by atoms with Gasteiger partial charge in [0.25, 0.3) is 5.91 Å². The van der Waals surface area contributed by atoms with Crippen LogP contribution in [0.2, 0.25) is 5.15 Å². The number of halogens is 1. The summed E-state index contributed by atoms with van der Waals surface area (Å²) < 4.78 is 6.83. The molecule has 0 unspecified atom stereocenters. The van der Waals surface area contributed by atoms with Gasteiger partial charge in [0.2, 0.25) is 0 Å². The van der Waals surface area contributed by atoms with E-state index in [4.69, 9.17) is 16.3 Å². The molecule has 1 amide bonds. The highest BCUT2D eigenvalue weighted by Gasteiger charge is 2.18. The SMILES string of the molecule is Cc1nn(C)c(C)c1/C=C/C(=O)O[C@@H](C)C(=O)Nc1cccnc1Cl. The number of nitrogens with one attached hydrogen (secondary N) is 1. The number of aromatic nitrogens is 3. The van der Waals surface area contributed by atoms with E-state index in [-0.39, 0.29) is 5.15 Å². The number of anilines is 1. The van der Waals surface area contributed by atoms with Gasteiger partial charge in [0.1, 0.15) is 0 Å². The van der Waals surface area contributed by atoms with Gasteiger partial charge in [-0.3, -0.25) is 9.48 Å². The van der Waals surface area contributed by atoms with Crippen LogP contribution in [-0.2, 0) is 21.4 Å². The fraction of sp³-hybridized carbons (Fsp3) is 0.294. The highest BCUT2D eigenvalue weighted by molar-refractivity contribution is 6.32. The van der Waals surface area contributed by atoms with Crippen molar-refractivity contribution in [3.63, 3.8) is 0 Å². The monoisotopic (exact) mass is 362 g/mol. The normalized spacial score (nSPS) is 12.2. The zero-order chi connectivity index (χ0) is 18.6. The summed E-state index contributed by atoms with van der Waals surface area (Å²) in [5.74, 6) is -1.12. The van der Waals surface area contributed by atoms with E-state index < -0.39 is 18.0 Å². The van der Waals surface area contributed by atoms with Gasteiger partial charge in [-0.05, 0) is 39.0 Å². The number of carbonyl (C=O) groups is 2. The molecule has 2 aromatic rings. The smallest absolute Gasteiger partial charge is 0.331 e. The van der Waals surface area contributed by atoms with Crippen LogP contribution in [0.3, 0.4) is 0 Å². The van der Waals surface area contributed by atoms with E-state index in [1.807, 2.05) is 20.9 Å². The van der Waals surface area contributed by atoms with Gasteiger partial charge in [0, 0.05) is 30.6 Å². The quantitative estimate of drug-likeness (QED) is 0.502.